The van der Waals surface area contributed by atoms with Gasteiger partial charge in [0, 0.05) is 18.2 Å². The number of hydrogen-bond acceptors (Lipinski definition) is 3. The zero-order valence-corrected chi connectivity index (χ0v) is 8.74. The molecule has 1 aromatic rings. The number of hydrogen-bond donors (Lipinski definition) is 2. The van der Waals surface area contributed by atoms with Crippen molar-refractivity contribution in [1.82, 2.24) is 0 Å². The van der Waals surface area contributed by atoms with E-state index in [0.29, 0.717) is 5.75 Å². The summed E-state index contributed by atoms with van der Waals surface area (Å²) >= 11 is 0. The molecule has 0 aliphatic heterocycles. The molecule has 0 aliphatic carbocycles. The molecule has 0 unspecified atom stereocenters. The van der Waals surface area contributed by atoms with Gasteiger partial charge in [-0.05, 0) is 20.3 Å². The van der Waals surface area contributed by atoms with Crippen LogP contribution in [0.5, 0.6) is 17.2 Å². The van der Waals surface area contributed by atoms with Gasteiger partial charge in [0.05, 0.1) is 0 Å². The fraction of sp³-hybridized carbons (Fsp3) is 0.455. The number of phenolic OH excluding ortho intramolecular Hbond substituents is 2. The van der Waals surface area contributed by atoms with Crippen molar-refractivity contribution in [2.45, 2.75) is 32.8 Å². The first-order chi connectivity index (χ1) is 6.43. The van der Waals surface area contributed by atoms with Crippen LogP contribution in [-0.4, -0.2) is 15.8 Å². The predicted molar refractivity (Wildman–Crippen MR) is 54.8 cm³/mol. The maximum absolute atomic E-state index is 9.22. The summed E-state index contributed by atoms with van der Waals surface area (Å²) in [6.45, 7) is 5.92. The number of rotatable bonds is 3. The number of phenols is 2. The van der Waals surface area contributed by atoms with E-state index >= 15 is 0 Å². The molecule has 0 saturated heterocycles. The summed E-state index contributed by atoms with van der Waals surface area (Å²) in [5, 5.41) is 18.4. The molecule has 14 heavy (non-hydrogen) atoms. The zero-order chi connectivity index (χ0) is 10.8. The van der Waals surface area contributed by atoms with Gasteiger partial charge in [-0.3, -0.25) is 0 Å². The molecule has 0 heterocycles. The van der Waals surface area contributed by atoms with Crippen LogP contribution >= 0.6 is 0 Å². The Labute approximate surface area is 84.0 Å². The monoisotopic (exact) mass is 196 g/mol. The van der Waals surface area contributed by atoms with E-state index < -0.39 is 0 Å². The molecule has 78 valence electrons. The quantitative estimate of drug-likeness (QED) is 0.781. The van der Waals surface area contributed by atoms with Gasteiger partial charge in [0.1, 0.15) is 22.8 Å². The minimum atomic E-state index is -0.291. The summed E-state index contributed by atoms with van der Waals surface area (Å²) in [5.41, 5.74) is -0.291. The Kier molecular flexibility index (Phi) is 2.89. The van der Waals surface area contributed by atoms with Gasteiger partial charge in [0.15, 0.2) is 0 Å². The molecule has 2 N–H and O–H groups in total. The summed E-state index contributed by atoms with van der Waals surface area (Å²) in [6, 6.07) is 4.24. The van der Waals surface area contributed by atoms with Crippen molar-refractivity contribution in [3.63, 3.8) is 0 Å². The van der Waals surface area contributed by atoms with Gasteiger partial charge in [0.25, 0.3) is 0 Å². The van der Waals surface area contributed by atoms with E-state index in [2.05, 4.69) is 0 Å². The molecule has 0 aromatic heterocycles. The molecular formula is C11H16O3. The van der Waals surface area contributed by atoms with Crippen LogP contribution in [0.15, 0.2) is 18.2 Å². The van der Waals surface area contributed by atoms with Crippen LogP contribution in [-0.2, 0) is 0 Å². The normalized spacial score (nSPS) is 11.4. The molecule has 0 spiro atoms. The Morgan fingerprint density at radius 2 is 1.64 bits per heavy atom. The molecule has 0 aliphatic rings. The Morgan fingerprint density at radius 3 is 2.07 bits per heavy atom. The lowest BCUT2D eigenvalue weighted by molar-refractivity contribution is 0.105. The molecule has 0 bridgehead atoms. The van der Waals surface area contributed by atoms with E-state index in [1.54, 1.807) is 0 Å². The second kappa shape index (κ2) is 3.78. The number of aromatic hydroxyl groups is 2. The van der Waals surface area contributed by atoms with Crippen molar-refractivity contribution >= 4 is 0 Å². The summed E-state index contributed by atoms with van der Waals surface area (Å²) < 4.78 is 5.59. The lowest BCUT2D eigenvalue weighted by Gasteiger charge is -2.24. The summed E-state index contributed by atoms with van der Waals surface area (Å²) in [7, 11) is 0. The van der Waals surface area contributed by atoms with Crippen molar-refractivity contribution in [2.24, 2.45) is 0 Å². The van der Waals surface area contributed by atoms with Gasteiger partial charge in [-0.1, -0.05) is 6.92 Å². The molecule has 3 heteroatoms. The van der Waals surface area contributed by atoms with E-state index in [9.17, 15) is 10.2 Å². The second-order valence-corrected chi connectivity index (χ2v) is 3.90. The highest BCUT2D eigenvalue weighted by Gasteiger charge is 2.17. The SMILES string of the molecule is CCC(C)(C)Oc1cc(O)cc(O)c1. The van der Waals surface area contributed by atoms with E-state index in [1.165, 1.54) is 18.2 Å². The van der Waals surface area contributed by atoms with E-state index in [0.717, 1.165) is 6.42 Å². The molecule has 1 rings (SSSR count). The van der Waals surface area contributed by atoms with E-state index in [1.807, 2.05) is 20.8 Å². The van der Waals surface area contributed by atoms with Crippen molar-refractivity contribution in [3.05, 3.63) is 18.2 Å². The Morgan fingerprint density at radius 1 is 1.14 bits per heavy atom. The topological polar surface area (TPSA) is 49.7 Å². The molecule has 3 nitrogen and oxygen atoms in total. The predicted octanol–water partition coefficient (Wildman–Crippen LogP) is 2.67. The minimum absolute atomic E-state index is 0.00639. The van der Waals surface area contributed by atoms with Gasteiger partial charge in [-0.2, -0.15) is 0 Å². The smallest absolute Gasteiger partial charge is 0.127 e. The number of ether oxygens (including phenoxy) is 1. The highest BCUT2D eigenvalue weighted by atomic mass is 16.5. The third-order valence-corrected chi connectivity index (χ3v) is 2.12. The largest absolute Gasteiger partial charge is 0.508 e. The first kappa shape index (κ1) is 10.7. The minimum Gasteiger partial charge on any atom is -0.508 e. The van der Waals surface area contributed by atoms with Gasteiger partial charge in [-0.15, -0.1) is 0 Å². The molecule has 1 aromatic carbocycles. The van der Waals surface area contributed by atoms with Crippen molar-refractivity contribution < 1.29 is 14.9 Å². The summed E-state index contributed by atoms with van der Waals surface area (Å²) in [6.07, 6.45) is 0.851. The van der Waals surface area contributed by atoms with Crippen LogP contribution in [0.3, 0.4) is 0 Å². The Hall–Kier alpha value is -1.38. The average Bonchev–Trinajstić information content (AvgIpc) is 2.01. The van der Waals surface area contributed by atoms with Gasteiger partial charge in [0.2, 0.25) is 0 Å². The molecule has 0 radical (unpaired) electrons. The molecule has 0 atom stereocenters. The molecule has 0 saturated carbocycles. The lowest BCUT2D eigenvalue weighted by atomic mass is 10.1. The Balaban J connectivity index is 2.87. The van der Waals surface area contributed by atoms with Gasteiger partial charge >= 0.3 is 0 Å². The zero-order valence-electron chi connectivity index (χ0n) is 8.74. The summed E-state index contributed by atoms with van der Waals surface area (Å²) in [4.78, 5) is 0. The Bertz CT molecular complexity index is 298. The molecule has 0 fully saturated rings. The first-order valence-corrected chi connectivity index (χ1v) is 4.65. The van der Waals surface area contributed by atoms with Crippen LogP contribution in [0, 0.1) is 0 Å². The highest BCUT2D eigenvalue weighted by Crippen LogP contribution is 2.29. The van der Waals surface area contributed by atoms with Gasteiger partial charge in [-0.25, -0.2) is 0 Å². The molecule has 0 amide bonds. The van der Waals surface area contributed by atoms with E-state index in [-0.39, 0.29) is 17.1 Å². The van der Waals surface area contributed by atoms with Crippen LogP contribution in [0.2, 0.25) is 0 Å². The fourth-order valence-corrected chi connectivity index (χ4v) is 1.02. The number of benzene rings is 1. The first-order valence-electron chi connectivity index (χ1n) is 4.65. The van der Waals surface area contributed by atoms with Crippen LogP contribution in [0.4, 0.5) is 0 Å². The maximum atomic E-state index is 9.22. The van der Waals surface area contributed by atoms with Crippen LogP contribution in [0.25, 0.3) is 0 Å². The van der Waals surface area contributed by atoms with Gasteiger partial charge < -0.3 is 14.9 Å². The lowest BCUT2D eigenvalue weighted by Crippen LogP contribution is -2.26. The maximum Gasteiger partial charge on any atom is 0.127 e. The fourth-order valence-electron chi connectivity index (χ4n) is 1.02. The second-order valence-electron chi connectivity index (χ2n) is 3.90. The third-order valence-electron chi connectivity index (χ3n) is 2.12. The van der Waals surface area contributed by atoms with E-state index in [4.69, 9.17) is 4.74 Å². The van der Waals surface area contributed by atoms with Crippen LogP contribution in [0.1, 0.15) is 27.2 Å². The van der Waals surface area contributed by atoms with Crippen molar-refractivity contribution in [2.75, 3.05) is 0 Å². The standard InChI is InChI=1S/C11H16O3/c1-4-11(2,3)14-10-6-8(12)5-9(13)7-10/h5-7,12-13H,4H2,1-3H3. The van der Waals surface area contributed by atoms with Crippen molar-refractivity contribution in [3.8, 4) is 17.2 Å². The van der Waals surface area contributed by atoms with Crippen LogP contribution < -0.4 is 4.74 Å². The van der Waals surface area contributed by atoms with Crippen molar-refractivity contribution in [1.29, 1.82) is 0 Å². The third kappa shape index (κ3) is 2.83. The molecular weight excluding hydrogens is 180 g/mol. The average molecular weight is 196 g/mol. The highest BCUT2D eigenvalue weighted by molar-refractivity contribution is 5.40. The summed E-state index contributed by atoms with van der Waals surface area (Å²) in [5.74, 6) is 0.494.